The summed E-state index contributed by atoms with van der Waals surface area (Å²) in [6.45, 7) is 3.87. The third-order valence-corrected chi connectivity index (χ3v) is 3.10. The van der Waals surface area contributed by atoms with E-state index < -0.39 is 9.05 Å². The molecule has 0 aliphatic rings. The van der Waals surface area contributed by atoms with Gasteiger partial charge in [-0.15, -0.1) is 0 Å². The van der Waals surface area contributed by atoms with E-state index in [1.54, 1.807) is 7.05 Å². The highest BCUT2D eigenvalue weighted by atomic mass is 35.7. The van der Waals surface area contributed by atoms with Crippen molar-refractivity contribution in [3.8, 4) is 0 Å². The van der Waals surface area contributed by atoms with Gasteiger partial charge in [0.05, 0.1) is 6.20 Å². The normalized spacial score (nSPS) is 12.4. The average molecular weight is 223 g/mol. The summed E-state index contributed by atoms with van der Waals surface area (Å²) in [7, 11) is 3.16. The second-order valence-corrected chi connectivity index (χ2v) is 5.62. The molecule has 1 aromatic heterocycles. The summed E-state index contributed by atoms with van der Waals surface area (Å²) in [5.74, 6) is 0.886. The van der Waals surface area contributed by atoms with Crippen LogP contribution in [0, 0.1) is 0 Å². The predicted molar refractivity (Wildman–Crippen MR) is 50.3 cm³/mol. The van der Waals surface area contributed by atoms with Crippen LogP contribution in [0.4, 0.5) is 0 Å². The lowest BCUT2D eigenvalue weighted by molar-refractivity contribution is 0.594. The first-order valence-electron chi connectivity index (χ1n) is 3.80. The minimum Gasteiger partial charge on any atom is -0.321 e. The van der Waals surface area contributed by atoms with Gasteiger partial charge in [-0.25, -0.2) is 13.4 Å². The van der Waals surface area contributed by atoms with Crippen molar-refractivity contribution < 1.29 is 8.42 Å². The lowest BCUT2D eigenvalue weighted by Crippen LogP contribution is -2.05. The molecule has 74 valence electrons. The zero-order valence-electron chi connectivity index (χ0n) is 7.65. The number of halogens is 1. The maximum atomic E-state index is 11.0. The Morgan fingerprint density at radius 3 is 2.31 bits per heavy atom. The lowest BCUT2D eigenvalue weighted by atomic mass is 10.2. The van der Waals surface area contributed by atoms with Gasteiger partial charge in [0, 0.05) is 23.6 Å². The van der Waals surface area contributed by atoms with Crippen LogP contribution >= 0.6 is 10.7 Å². The molecule has 4 nitrogen and oxygen atoms in total. The van der Waals surface area contributed by atoms with Crippen molar-refractivity contribution in [1.82, 2.24) is 9.55 Å². The molecule has 1 aromatic rings. The molecule has 0 radical (unpaired) electrons. The molecular formula is C7H11ClN2O2S. The van der Waals surface area contributed by atoms with E-state index in [9.17, 15) is 8.42 Å². The van der Waals surface area contributed by atoms with Crippen molar-refractivity contribution in [3.63, 3.8) is 0 Å². The van der Waals surface area contributed by atoms with E-state index in [-0.39, 0.29) is 10.9 Å². The van der Waals surface area contributed by atoms with Crippen molar-refractivity contribution >= 4 is 19.7 Å². The summed E-state index contributed by atoms with van der Waals surface area (Å²) in [5.41, 5.74) is 0. The first-order chi connectivity index (χ1) is 5.84. The van der Waals surface area contributed by atoms with E-state index >= 15 is 0 Å². The molecule has 6 heteroatoms. The fraction of sp³-hybridized carbons (Fsp3) is 0.571. The third-order valence-electron chi connectivity index (χ3n) is 1.75. The molecule has 0 aromatic carbocycles. The molecule has 0 aliphatic carbocycles. The van der Waals surface area contributed by atoms with E-state index in [0.717, 1.165) is 0 Å². The number of hydrogen-bond donors (Lipinski definition) is 0. The number of nitrogens with zero attached hydrogens (tertiary/aromatic N) is 2. The van der Waals surface area contributed by atoms with E-state index in [0.29, 0.717) is 5.82 Å². The first-order valence-corrected chi connectivity index (χ1v) is 6.11. The largest absolute Gasteiger partial charge is 0.321 e. The van der Waals surface area contributed by atoms with Crippen LogP contribution in [0.5, 0.6) is 0 Å². The van der Waals surface area contributed by atoms with Gasteiger partial charge >= 0.3 is 0 Å². The molecule has 0 amide bonds. The second kappa shape index (κ2) is 3.31. The molecule has 0 unspecified atom stereocenters. The first kappa shape index (κ1) is 10.5. The van der Waals surface area contributed by atoms with E-state index in [4.69, 9.17) is 10.7 Å². The van der Waals surface area contributed by atoms with E-state index in [1.165, 1.54) is 10.8 Å². The number of hydrogen-bond acceptors (Lipinski definition) is 3. The van der Waals surface area contributed by atoms with Crippen molar-refractivity contribution in [2.75, 3.05) is 0 Å². The standard InChI is InChI=1S/C7H11ClN2O2S/c1-5(2)7-9-4-6(10(7)3)13(8,11)12/h4-5H,1-3H3. The van der Waals surface area contributed by atoms with Crippen molar-refractivity contribution in [3.05, 3.63) is 12.0 Å². The summed E-state index contributed by atoms with van der Waals surface area (Å²) in [4.78, 5) is 3.98. The maximum Gasteiger partial charge on any atom is 0.278 e. The highest BCUT2D eigenvalue weighted by molar-refractivity contribution is 8.13. The molecule has 1 heterocycles. The molecule has 0 saturated carbocycles. The smallest absolute Gasteiger partial charge is 0.278 e. The molecule has 0 spiro atoms. The van der Waals surface area contributed by atoms with Crippen LogP contribution < -0.4 is 0 Å². The third kappa shape index (κ3) is 2.03. The number of imidazole rings is 1. The van der Waals surface area contributed by atoms with Crippen LogP contribution in [-0.4, -0.2) is 18.0 Å². The summed E-state index contributed by atoms with van der Waals surface area (Å²) in [6.07, 6.45) is 1.28. The van der Waals surface area contributed by atoms with Crippen LogP contribution in [-0.2, 0) is 16.1 Å². The molecule has 0 atom stereocenters. The molecule has 0 N–H and O–H groups in total. The Kier molecular flexibility index (Phi) is 2.68. The van der Waals surface area contributed by atoms with Crippen LogP contribution in [0.1, 0.15) is 25.6 Å². The van der Waals surface area contributed by atoms with Gasteiger partial charge in [0.2, 0.25) is 0 Å². The van der Waals surface area contributed by atoms with Gasteiger partial charge in [0.1, 0.15) is 5.82 Å². The molecule has 0 bridgehead atoms. The zero-order valence-corrected chi connectivity index (χ0v) is 9.22. The minimum atomic E-state index is -3.67. The van der Waals surface area contributed by atoms with E-state index in [2.05, 4.69) is 4.98 Å². The Bertz CT molecular complexity index is 408. The SMILES string of the molecule is CC(C)c1ncc(S(=O)(=O)Cl)n1C. The quantitative estimate of drug-likeness (QED) is 0.713. The highest BCUT2D eigenvalue weighted by Gasteiger charge is 2.18. The second-order valence-electron chi connectivity index (χ2n) is 3.11. The van der Waals surface area contributed by atoms with Gasteiger partial charge in [-0.1, -0.05) is 13.8 Å². The van der Waals surface area contributed by atoms with Gasteiger partial charge < -0.3 is 4.57 Å². The zero-order chi connectivity index (χ0) is 10.2. The van der Waals surface area contributed by atoms with Gasteiger partial charge in [0.25, 0.3) is 9.05 Å². The van der Waals surface area contributed by atoms with Crippen molar-refractivity contribution in [2.45, 2.75) is 24.8 Å². The fourth-order valence-corrected chi connectivity index (χ4v) is 2.20. The average Bonchev–Trinajstić information content (AvgIpc) is 2.28. The predicted octanol–water partition coefficient (Wildman–Crippen LogP) is 1.47. The molecule has 0 fully saturated rings. The number of aromatic nitrogens is 2. The Balaban J connectivity index is 3.30. The topological polar surface area (TPSA) is 52.0 Å². The Morgan fingerprint density at radius 1 is 1.54 bits per heavy atom. The van der Waals surface area contributed by atoms with Gasteiger partial charge in [-0.3, -0.25) is 0 Å². The Hall–Kier alpha value is -0.550. The summed E-state index contributed by atoms with van der Waals surface area (Å²) < 4.78 is 23.5. The van der Waals surface area contributed by atoms with Gasteiger partial charge in [-0.05, 0) is 0 Å². The summed E-state index contributed by atoms with van der Waals surface area (Å²) in [5, 5.41) is 0.0397. The van der Waals surface area contributed by atoms with Gasteiger partial charge in [-0.2, -0.15) is 0 Å². The highest BCUT2D eigenvalue weighted by Crippen LogP contribution is 2.19. The molecule has 0 aliphatic heterocycles. The van der Waals surface area contributed by atoms with Gasteiger partial charge in [0.15, 0.2) is 5.03 Å². The minimum absolute atomic E-state index is 0.0397. The van der Waals surface area contributed by atoms with Crippen molar-refractivity contribution in [1.29, 1.82) is 0 Å². The molecule has 1 rings (SSSR count). The summed E-state index contributed by atoms with van der Waals surface area (Å²) in [6, 6.07) is 0. The summed E-state index contributed by atoms with van der Waals surface area (Å²) >= 11 is 0. The van der Waals surface area contributed by atoms with Crippen LogP contribution in [0.15, 0.2) is 11.2 Å². The maximum absolute atomic E-state index is 11.0. The lowest BCUT2D eigenvalue weighted by Gasteiger charge is -2.05. The molecular weight excluding hydrogens is 212 g/mol. The Labute approximate surface area is 82.0 Å². The fourth-order valence-electron chi connectivity index (χ4n) is 1.17. The number of rotatable bonds is 2. The van der Waals surface area contributed by atoms with Crippen molar-refractivity contribution in [2.24, 2.45) is 7.05 Å². The monoisotopic (exact) mass is 222 g/mol. The van der Waals surface area contributed by atoms with E-state index in [1.807, 2.05) is 13.8 Å². The molecule has 0 saturated heterocycles. The van der Waals surface area contributed by atoms with Crippen LogP contribution in [0.25, 0.3) is 0 Å². The Morgan fingerprint density at radius 2 is 2.08 bits per heavy atom. The van der Waals surface area contributed by atoms with Crippen LogP contribution in [0.3, 0.4) is 0 Å². The molecule has 13 heavy (non-hydrogen) atoms. The van der Waals surface area contributed by atoms with Crippen LogP contribution in [0.2, 0.25) is 0 Å².